The van der Waals surface area contributed by atoms with Crippen molar-refractivity contribution in [1.82, 2.24) is 0 Å². The molecule has 2 aromatic carbocycles. The van der Waals surface area contributed by atoms with Gasteiger partial charge in [0, 0.05) is 21.8 Å². The molecule has 0 unspecified atom stereocenters. The Bertz CT molecular complexity index is 965. The van der Waals surface area contributed by atoms with E-state index >= 15 is 0 Å². The third-order valence-corrected chi connectivity index (χ3v) is 5.23. The van der Waals surface area contributed by atoms with E-state index < -0.39 is 6.16 Å². The average molecular weight is 530 g/mol. The molecule has 146 valence electrons. The minimum absolute atomic E-state index is 0.206. The number of nitrogens with one attached hydrogen (secondary N) is 1. The highest BCUT2D eigenvalue weighted by molar-refractivity contribution is 9.11. The van der Waals surface area contributed by atoms with Crippen LogP contribution in [0.3, 0.4) is 0 Å². The largest absolute Gasteiger partial charge is 0.513 e. The van der Waals surface area contributed by atoms with E-state index in [0.29, 0.717) is 31.0 Å². The van der Waals surface area contributed by atoms with Gasteiger partial charge < -0.3 is 14.8 Å². The zero-order valence-electron chi connectivity index (χ0n) is 15.0. The molecular weight excluding hydrogens is 513 g/mol. The fraction of sp³-hybridized carbons (Fsp3) is 0.200. The third kappa shape index (κ3) is 4.77. The van der Waals surface area contributed by atoms with Crippen LogP contribution in [0.5, 0.6) is 5.75 Å². The van der Waals surface area contributed by atoms with E-state index in [1.165, 1.54) is 0 Å². The summed E-state index contributed by atoms with van der Waals surface area (Å²) < 4.78 is 11.4. The number of rotatable bonds is 4. The molecule has 0 atom stereocenters. The van der Waals surface area contributed by atoms with Gasteiger partial charge in [-0.2, -0.15) is 0 Å². The first-order valence-corrected chi connectivity index (χ1v) is 10.4. The highest BCUT2D eigenvalue weighted by atomic mass is 79.9. The predicted octanol–water partition coefficient (Wildman–Crippen LogP) is 6.53. The SMILES string of the molecule is CC(C)COC(=O)Oc1c(Br)cc(/C=C2\C(=O)Nc3ccc(Cl)cc32)cc1Br. The summed E-state index contributed by atoms with van der Waals surface area (Å²) in [6.45, 7) is 4.15. The second kappa shape index (κ2) is 8.68. The summed E-state index contributed by atoms with van der Waals surface area (Å²) in [5, 5.41) is 3.36. The van der Waals surface area contributed by atoms with Gasteiger partial charge in [-0.3, -0.25) is 4.79 Å². The lowest BCUT2D eigenvalue weighted by Gasteiger charge is -2.11. The van der Waals surface area contributed by atoms with E-state index in [2.05, 4.69) is 37.2 Å². The second-order valence-electron chi connectivity index (χ2n) is 6.57. The van der Waals surface area contributed by atoms with E-state index in [9.17, 15) is 9.59 Å². The first kappa shape index (κ1) is 20.9. The Morgan fingerprint density at radius 3 is 2.54 bits per heavy atom. The molecule has 0 bridgehead atoms. The number of halogens is 3. The summed E-state index contributed by atoms with van der Waals surface area (Å²) >= 11 is 12.9. The molecule has 2 aromatic rings. The number of benzene rings is 2. The van der Waals surface area contributed by atoms with Gasteiger partial charge in [-0.25, -0.2) is 4.79 Å². The maximum atomic E-state index is 12.3. The number of carbonyl (C=O) groups excluding carboxylic acids is 2. The van der Waals surface area contributed by atoms with Crippen molar-refractivity contribution in [3.63, 3.8) is 0 Å². The zero-order valence-corrected chi connectivity index (χ0v) is 18.9. The van der Waals surface area contributed by atoms with Crippen LogP contribution in [0.2, 0.25) is 5.02 Å². The smallest absolute Gasteiger partial charge is 0.434 e. The quantitative estimate of drug-likeness (QED) is 0.278. The molecule has 1 aliphatic rings. The molecular formula is C20H16Br2ClNO4. The van der Waals surface area contributed by atoms with E-state index in [-0.39, 0.29) is 18.4 Å². The molecule has 28 heavy (non-hydrogen) atoms. The van der Waals surface area contributed by atoms with Gasteiger partial charge in [-0.05, 0) is 79.7 Å². The summed E-state index contributed by atoms with van der Waals surface area (Å²) in [6.07, 6.45) is 0.966. The maximum absolute atomic E-state index is 12.3. The van der Waals surface area contributed by atoms with Crippen molar-refractivity contribution in [3.8, 4) is 5.75 Å². The fourth-order valence-electron chi connectivity index (χ4n) is 2.58. The lowest BCUT2D eigenvalue weighted by molar-refractivity contribution is -0.110. The summed E-state index contributed by atoms with van der Waals surface area (Å²) in [5.41, 5.74) is 2.69. The van der Waals surface area contributed by atoms with Crippen LogP contribution in [0.1, 0.15) is 25.0 Å². The standard InChI is InChI=1S/C20H16Br2ClNO4/c1-10(2)9-27-20(26)28-18-15(21)6-11(7-16(18)22)5-14-13-8-12(23)3-4-17(13)24-19(14)25/h3-8,10H,9H2,1-2H3,(H,24,25)/b14-5-. The molecule has 8 heteroatoms. The van der Waals surface area contributed by atoms with E-state index in [1.54, 1.807) is 36.4 Å². The minimum Gasteiger partial charge on any atom is -0.434 e. The molecule has 1 N–H and O–H groups in total. The number of hydrogen-bond acceptors (Lipinski definition) is 4. The molecule has 0 saturated heterocycles. The lowest BCUT2D eigenvalue weighted by Crippen LogP contribution is -2.14. The topological polar surface area (TPSA) is 64.6 Å². The second-order valence-corrected chi connectivity index (χ2v) is 8.72. The molecule has 0 fully saturated rings. The Morgan fingerprint density at radius 2 is 1.89 bits per heavy atom. The molecule has 0 saturated carbocycles. The maximum Gasteiger partial charge on any atom is 0.513 e. The Balaban J connectivity index is 1.87. The molecule has 1 heterocycles. The number of ether oxygens (including phenoxy) is 2. The van der Waals surface area contributed by atoms with Gasteiger partial charge in [0.2, 0.25) is 0 Å². The Labute approximate surface area is 184 Å². The van der Waals surface area contributed by atoms with Gasteiger partial charge >= 0.3 is 6.16 Å². The molecule has 0 aromatic heterocycles. The van der Waals surface area contributed by atoms with Crippen molar-refractivity contribution in [3.05, 3.63) is 55.4 Å². The number of hydrogen-bond donors (Lipinski definition) is 1. The number of carbonyl (C=O) groups is 2. The van der Waals surface area contributed by atoms with Gasteiger partial charge in [0.1, 0.15) is 0 Å². The van der Waals surface area contributed by atoms with Gasteiger partial charge in [-0.1, -0.05) is 25.4 Å². The highest BCUT2D eigenvalue weighted by Gasteiger charge is 2.24. The van der Waals surface area contributed by atoms with Crippen LogP contribution in [0.4, 0.5) is 10.5 Å². The van der Waals surface area contributed by atoms with Crippen molar-refractivity contribution in [2.75, 3.05) is 11.9 Å². The zero-order chi connectivity index (χ0) is 20.4. The summed E-state index contributed by atoms with van der Waals surface area (Å²) in [4.78, 5) is 24.2. The van der Waals surface area contributed by atoms with Gasteiger partial charge in [0.25, 0.3) is 5.91 Å². The number of fused-ring (bicyclic) bond motifs is 1. The van der Waals surface area contributed by atoms with Crippen LogP contribution < -0.4 is 10.1 Å². The van der Waals surface area contributed by atoms with E-state index in [4.69, 9.17) is 21.1 Å². The molecule has 5 nitrogen and oxygen atoms in total. The van der Waals surface area contributed by atoms with Gasteiger partial charge in [0.05, 0.1) is 15.6 Å². The third-order valence-electron chi connectivity index (χ3n) is 3.82. The lowest BCUT2D eigenvalue weighted by atomic mass is 10.0. The molecule has 0 spiro atoms. The molecule has 3 rings (SSSR count). The summed E-state index contributed by atoms with van der Waals surface area (Å²) in [7, 11) is 0. The van der Waals surface area contributed by atoms with E-state index in [0.717, 1.165) is 11.1 Å². The van der Waals surface area contributed by atoms with Crippen LogP contribution in [0.25, 0.3) is 11.6 Å². The number of amides is 1. The van der Waals surface area contributed by atoms with Crippen molar-refractivity contribution in [2.24, 2.45) is 5.92 Å². The number of anilines is 1. The van der Waals surface area contributed by atoms with Crippen molar-refractivity contribution in [1.29, 1.82) is 0 Å². The Hall–Kier alpha value is -1.83. The molecule has 1 aliphatic heterocycles. The van der Waals surface area contributed by atoms with Crippen LogP contribution in [-0.2, 0) is 9.53 Å². The van der Waals surface area contributed by atoms with Crippen molar-refractivity contribution >= 4 is 72.9 Å². The summed E-state index contributed by atoms with van der Waals surface area (Å²) in [5.74, 6) is 0.305. The van der Waals surface area contributed by atoms with Crippen molar-refractivity contribution < 1.29 is 19.1 Å². The predicted molar refractivity (Wildman–Crippen MR) is 117 cm³/mol. The minimum atomic E-state index is -0.778. The van der Waals surface area contributed by atoms with Crippen LogP contribution in [-0.4, -0.2) is 18.7 Å². The monoisotopic (exact) mass is 527 g/mol. The normalized spacial score (nSPS) is 14.2. The fourth-order valence-corrected chi connectivity index (χ4v) is 4.13. The van der Waals surface area contributed by atoms with Gasteiger partial charge in [0.15, 0.2) is 5.75 Å². The van der Waals surface area contributed by atoms with Gasteiger partial charge in [-0.15, -0.1) is 0 Å². The highest BCUT2D eigenvalue weighted by Crippen LogP contribution is 2.38. The molecule has 0 radical (unpaired) electrons. The Morgan fingerprint density at radius 1 is 1.21 bits per heavy atom. The first-order chi connectivity index (χ1) is 13.2. The van der Waals surface area contributed by atoms with Crippen molar-refractivity contribution in [2.45, 2.75) is 13.8 Å². The molecule has 1 amide bonds. The molecule has 0 aliphatic carbocycles. The first-order valence-electron chi connectivity index (χ1n) is 8.41. The Kier molecular flexibility index (Phi) is 6.47. The summed E-state index contributed by atoms with van der Waals surface area (Å²) in [6, 6.07) is 8.73. The van der Waals surface area contributed by atoms with Crippen LogP contribution in [0, 0.1) is 5.92 Å². The van der Waals surface area contributed by atoms with E-state index in [1.807, 2.05) is 13.8 Å². The average Bonchev–Trinajstić information content (AvgIpc) is 2.91. The van der Waals surface area contributed by atoms with Crippen LogP contribution >= 0.6 is 43.5 Å². The van der Waals surface area contributed by atoms with Crippen LogP contribution in [0.15, 0.2) is 39.3 Å².